The molecule has 13 heavy (non-hydrogen) atoms. The fourth-order valence-electron chi connectivity index (χ4n) is 4.58. The lowest BCUT2D eigenvalue weighted by Gasteiger charge is -2.51. The van der Waals surface area contributed by atoms with Gasteiger partial charge in [-0.2, -0.15) is 0 Å². The van der Waals surface area contributed by atoms with Gasteiger partial charge in [-0.15, -0.1) is 0 Å². The van der Waals surface area contributed by atoms with Gasteiger partial charge in [-0.3, -0.25) is 4.21 Å². The van der Waals surface area contributed by atoms with Crippen LogP contribution in [-0.4, -0.2) is 20.2 Å². The maximum Gasteiger partial charge on any atom is 0.0615 e. The van der Waals surface area contributed by atoms with Crippen molar-refractivity contribution in [1.82, 2.24) is 0 Å². The smallest absolute Gasteiger partial charge is 0.0615 e. The van der Waals surface area contributed by atoms with E-state index in [4.69, 9.17) is 5.73 Å². The fraction of sp³-hybridized carbons (Fsp3) is 1.00. The van der Waals surface area contributed by atoms with Gasteiger partial charge in [0.25, 0.3) is 0 Å². The summed E-state index contributed by atoms with van der Waals surface area (Å²) in [4.78, 5) is 0. The second-order valence-electron chi connectivity index (χ2n) is 5.53. The molecule has 72 valence electrons. The maximum absolute atomic E-state index is 11.9. The SMILES string of the molecule is NC1C2CC3CC1C1S(=O)C1(C3)C2. The Hall–Kier alpha value is 0.110. The van der Waals surface area contributed by atoms with Gasteiger partial charge in [-0.05, 0) is 43.4 Å². The minimum absolute atomic E-state index is 0.298. The molecule has 1 heterocycles. The molecule has 4 bridgehead atoms. The Morgan fingerprint density at radius 2 is 2.15 bits per heavy atom. The summed E-state index contributed by atoms with van der Waals surface area (Å²) in [6.07, 6.45) is 5.08. The van der Waals surface area contributed by atoms with Gasteiger partial charge in [0.2, 0.25) is 0 Å². The number of nitrogens with two attached hydrogens (primary N) is 1. The van der Waals surface area contributed by atoms with Crippen molar-refractivity contribution in [3.8, 4) is 0 Å². The molecule has 4 saturated carbocycles. The molecule has 0 amide bonds. The summed E-state index contributed by atoms with van der Waals surface area (Å²) < 4.78 is 12.2. The summed E-state index contributed by atoms with van der Waals surface area (Å²) in [6, 6.07) is 0.390. The maximum atomic E-state index is 11.9. The molecule has 5 aliphatic rings. The number of hydrogen-bond acceptors (Lipinski definition) is 2. The molecule has 3 heteroatoms. The molecule has 1 saturated heterocycles. The van der Waals surface area contributed by atoms with E-state index in [1.165, 1.54) is 25.7 Å². The Kier molecular flexibility index (Phi) is 1.08. The first kappa shape index (κ1) is 7.41. The lowest BCUT2D eigenvalue weighted by molar-refractivity contribution is 0.0453. The van der Waals surface area contributed by atoms with E-state index >= 15 is 0 Å². The van der Waals surface area contributed by atoms with Gasteiger partial charge in [0.15, 0.2) is 0 Å². The van der Waals surface area contributed by atoms with Crippen LogP contribution in [0.15, 0.2) is 0 Å². The highest BCUT2D eigenvalue weighted by Gasteiger charge is 2.75. The van der Waals surface area contributed by atoms with Crippen LogP contribution in [-0.2, 0) is 10.8 Å². The molecule has 0 aromatic rings. The molecule has 1 aliphatic heterocycles. The predicted molar refractivity (Wildman–Crippen MR) is 51.6 cm³/mol. The molecule has 2 nitrogen and oxygen atoms in total. The zero-order chi connectivity index (χ0) is 8.79. The van der Waals surface area contributed by atoms with Gasteiger partial charge in [0, 0.05) is 16.8 Å². The van der Waals surface area contributed by atoms with E-state index in [2.05, 4.69) is 0 Å². The number of rotatable bonds is 0. The standard InChI is InChI=1S/C10H15NOS/c11-8-6-1-5-2-7(8)9-10(3-5,4-6)13(9)12/h5-9H,1-4,11H2. The Morgan fingerprint density at radius 1 is 1.31 bits per heavy atom. The zero-order valence-electron chi connectivity index (χ0n) is 7.61. The van der Waals surface area contributed by atoms with E-state index in [9.17, 15) is 4.21 Å². The van der Waals surface area contributed by atoms with E-state index in [1.807, 2.05) is 0 Å². The van der Waals surface area contributed by atoms with Crippen molar-refractivity contribution in [2.45, 2.75) is 41.7 Å². The highest BCUT2D eigenvalue weighted by molar-refractivity contribution is 7.95. The van der Waals surface area contributed by atoms with Crippen LogP contribution in [0.1, 0.15) is 25.7 Å². The average Bonchev–Trinajstić information content (AvgIpc) is 2.65. The lowest BCUT2D eigenvalue weighted by atomic mass is 9.54. The van der Waals surface area contributed by atoms with Gasteiger partial charge in [0.05, 0.1) is 10.00 Å². The van der Waals surface area contributed by atoms with E-state index < -0.39 is 10.8 Å². The minimum atomic E-state index is -0.491. The van der Waals surface area contributed by atoms with Gasteiger partial charge < -0.3 is 5.73 Å². The molecule has 5 fully saturated rings. The Balaban J connectivity index is 1.86. The first-order chi connectivity index (χ1) is 6.22. The Labute approximate surface area is 80.7 Å². The summed E-state index contributed by atoms with van der Waals surface area (Å²) in [6.45, 7) is 0. The molecule has 4 aliphatic carbocycles. The Bertz CT molecular complexity index is 318. The number of hydrogen-bond donors (Lipinski definition) is 1. The van der Waals surface area contributed by atoms with Crippen molar-refractivity contribution in [3.63, 3.8) is 0 Å². The largest absolute Gasteiger partial charge is 0.327 e. The summed E-state index contributed by atoms with van der Waals surface area (Å²) in [5.41, 5.74) is 6.21. The molecule has 0 radical (unpaired) electrons. The van der Waals surface area contributed by atoms with Crippen molar-refractivity contribution in [2.75, 3.05) is 0 Å². The van der Waals surface area contributed by atoms with Crippen LogP contribution >= 0.6 is 0 Å². The van der Waals surface area contributed by atoms with Crippen LogP contribution in [0, 0.1) is 17.8 Å². The van der Waals surface area contributed by atoms with Crippen molar-refractivity contribution >= 4 is 10.8 Å². The van der Waals surface area contributed by atoms with Crippen LogP contribution < -0.4 is 5.73 Å². The van der Waals surface area contributed by atoms with Crippen LogP contribution in [0.2, 0.25) is 0 Å². The van der Waals surface area contributed by atoms with Gasteiger partial charge >= 0.3 is 0 Å². The molecular weight excluding hydrogens is 182 g/mol. The molecule has 7 unspecified atom stereocenters. The molecule has 2 N–H and O–H groups in total. The highest BCUT2D eigenvalue weighted by Crippen LogP contribution is 2.68. The van der Waals surface area contributed by atoms with Gasteiger partial charge in [-0.1, -0.05) is 0 Å². The highest BCUT2D eigenvalue weighted by atomic mass is 32.2. The molecule has 0 aromatic carbocycles. The van der Waals surface area contributed by atoms with Crippen molar-refractivity contribution in [2.24, 2.45) is 23.5 Å². The topological polar surface area (TPSA) is 43.1 Å². The average molecular weight is 197 g/mol. The second-order valence-corrected chi connectivity index (χ2v) is 7.45. The molecule has 5 rings (SSSR count). The molecular formula is C10H15NOS. The minimum Gasteiger partial charge on any atom is -0.327 e. The molecule has 0 aromatic heterocycles. The molecule has 7 atom stereocenters. The third-order valence-electron chi connectivity index (χ3n) is 5.00. The van der Waals surface area contributed by atoms with E-state index in [0.717, 1.165) is 11.8 Å². The van der Waals surface area contributed by atoms with Crippen LogP contribution in [0.5, 0.6) is 0 Å². The van der Waals surface area contributed by atoms with Crippen LogP contribution in [0.25, 0.3) is 0 Å². The summed E-state index contributed by atoms with van der Waals surface area (Å²) in [5, 5.41) is 0.523. The summed E-state index contributed by atoms with van der Waals surface area (Å²) in [5.74, 6) is 2.23. The second kappa shape index (κ2) is 1.89. The summed E-state index contributed by atoms with van der Waals surface area (Å²) in [7, 11) is -0.491. The van der Waals surface area contributed by atoms with Crippen molar-refractivity contribution in [3.05, 3.63) is 0 Å². The van der Waals surface area contributed by atoms with Crippen molar-refractivity contribution in [1.29, 1.82) is 0 Å². The van der Waals surface area contributed by atoms with E-state index in [0.29, 0.717) is 22.0 Å². The monoisotopic (exact) mass is 197 g/mol. The lowest BCUT2D eigenvalue weighted by Crippen LogP contribution is -2.56. The zero-order valence-corrected chi connectivity index (χ0v) is 8.43. The van der Waals surface area contributed by atoms with Crippen LogP contribution in [0.4, 0.5) is 0 Å². The Morgan fingerprint density at radius 3 is 3.00 bits per heavy atom. The van der Waals surface area contributed by atoms with Gasteiger partial charge in [0.1, 0.15) is 0 Å². The third kappa shape index (κ3) is 0.636. The predicted octanol–water partition coefficient (Wildman–Crippen LogP) is 0.633. The fourth-order valence-corrected chi connectivity index (χ4v) is 7.12. The van der Waals surface area contributed by atoms with Crippen molar-refractivity contribution < 1.29 is 4.21 Å². The third-order valence-corrected chi connectivity index (χ3v) is 7.40. The van der Waals surface area contributed by atoms with E-state index in [-0.39, 0.29) is 0 Å². The quantitative estimate of drug-likeness (QED) is 0.579. The van der Waals surface area contributed by atoms with E-state index in [1.54, 1.807) is 0 Å². The first-order valence-corrected chi connectivity index (χ1v) is 6.60. The normalized spacial score (nSPS) is 72.4. The van der Waals surface area contributed by atoms with Gasteiger partial charge in [-0.25, -0.2) is 0 Å². The summed E-state index contributed by atoms with van der Waals surface area (Å²) >= 11 is 0. The van der Waals surface area contributed by atoms with Crippen LogP contribution in [0.3, 0.4) is 0 Å². The first-order valence-electron chi connectivity index (χ1n) is 5.39. The molecule has 1 spiro atoms.